The molecule has 0 heterocycles. The molecule has 0 saturated carbocycles. The van der Waals surface area contributed by atoms with E-state index in [2.05, 4.69) is 21.2 Å². The molecule has 2 rings (SSSR count). The van der Waals surface area contributed by atoms with E-state index >= 15 is 0 Å². The summed E-state index contributed by atoms with van der Waals surface area (Å²) in [5.41, 5.74) is 0.916. The van der Waals surface area contributed by atoms with Crippen LogP contribution in [-0.4, -0.2) is 35.9 Å². The van der Waals surface area contributed by atoms with E-state index < -0.39 is 6.04 Å². The minimum absolute atomic E-state index is 0.184. The van der Waals surface area contributed by atoms with Crippen LogP contribution < -0.4 is 10.1 Å². The van der Waals surface area contributed by atoms with Gasteiger partial charge in [-0.2, -0.15) is 0 Å². The summed E-state index contributed by atoms with van der Waals surface area (Å²) >= 11 is 9.41. The van der Waals surface area contributed by atoms with E-state index in [1.165, 1.54) is 4.90 Å². The first-order valence-corrected chi connectivity index (χ1v) is 10.6. The fourth-order valence-electron chi connectivity index (χ4n) is 2.65. The summed E-state index contributed by atoms with van der Waals surface area (Å²) < 4.78 is 6.51. The van der Waals surface area contributed by atoms with E-state index in [1.807, 2.05) is 38.1 Å². The van der Waals surface area contributed by atoms with E-state index in [-0.39, 0.29) is 18.4 Å². The van der Waals surface area contributed by atoms with Crippen LogP contribution in [0.25, 0.3) is 0 Å². The molecule has 156 valence electrons. The summed E-state index contributed by atoms with van der Waals surface area (Å²) in [4.78, 5) is 27.1. The molecule has 1 N–H and O–H groups in total. The van der Waals surface area contributed by atoms with Crippen LogP contribution in [0.1, 0.15) is 26.3 Å². The Hall–Kier alpha value is -2.05. The lowest BCUT2D eigenvalue weighted by molar-refractivity contribution is -0.142. The summed E-state index contributed by atoms with van der Waals surface area (Å²) in [6, 6.07) is 13.9. The number of benzene rings is 2. The zero-order valence-corrected chi connectivity index (χ0v) is 19.2. The van der Waals surface area contributed by atoms with Gasteiger partial charge in [0.05, 0.1) is 0 Å². The molecule has 0 bridgehead atoms. The predicted molar refractivity (Wildman–Crippen MR) is 119 cm³/mol. The monoisotopic (exact) mass is 480 g/mol. The Morgan fingerprint density at radius 2 is 1.86 bits per heavy atom. The van der Waals surface area contributed by atoms with Crippen molar-refractivity contribution in [1.82, 2.24) is 10.2 Å². The van der Waals surface area contributed by atoms with Gasteiger partial charge in [0.25, 0.3) is 5.91 Å². The van der Waals surface area contributed by atoms with Crippen LogP contribution in [0.15, 0.2) is 53.0 Å². The summed E-state index contributed by atoms with van der Waals surface area (Å²) in [7, 11) is 0. The summed E-state index contributed by atoms with van der Waals surface area (Å²) in [5.74, 6) is 0.360. The van der Waals surface area contributed by atoms with Crippen molar-refractivity contribution in [1.29, 1.82) is 0 Å². The van der Waals surface area contributed by atoms with Crippen LogP contribution in [0, 0.1) is 5.92 Å². The first kappa shape index (κ1) is 23.2. The van der Waals surface area contributed by atoms with Crippen LogP contribution in [0.5, 0.6) is 5.75 Å². The van der Waals surface area contributed by atoms with E-state index in [0.717, 1.165) is 10.0 Å². The molecule has 0 aliphatic rings. The molecule has 2 aromatic carbocycles. The third-order valence-corrected chi connectivity index (χ3v) is 4.98. The Bertz CT molecular complexity index is 844. The fraction of sp³-hybridized carbons (Fsp3) is 0.364. The number of carbonyl (C=O) groups is 2. The second-order valence-electron chi connectivity index (χ2n) is 7.21. The molecule has 0 aliphatic heterocycles. The minimum atomic E-state index is -0.636. The molecule has 0 radical (unpaired) electrons. The maximum absolute atomic E-state index is 13.0. The number of ether oxygens (including phenoxy) is 1. The molecule has 7 heteroatoms. The van der Waals surface area contributed by atoms with E-state index in [4.69, 9.17) is 16.3 Å². The number of carbonyl (C=O) groups excluding carboxylic acids is 2. The molecule has 5 nitrogen and oxygen atoms in total. The van der Waals surface area contributed by atoms with Gasteiger partial charge in [0.1, 0.15) is 11.8 Å². The van der Waals surface area contributed by atoms with Crippen molar-refractivity contribution in [3.05, 3.63) is 63.6 Å². The third-order valence-electron chi connectivity index (χ3n) is 4.25. The van der Waals surface area contributed by atoms with Gasteiger partial charge in [-0.3, -0.25) is 9.59 Å². The molecule has 2 amide bonds. The lowest BCUT2D eigenvalue weighted by Crippen LogP contribution is -2.49. The number of nitrogens with one attached hydrogen (secondary N) is 1. The second-order valence-corrected chi connectivity index (χ2v) is 8.56. The maximum atomic E-state index is 13.0. The smallest absolute Gasteiger partial charge is 0.261 e. The lowest BCUT2D eigenvalue weighted by atomic mass is 10.1. The summed E-state index contributed by atoms with van der Waals surface area (Å²) in [6.07, 6.45) is 0. The van der Waals surface area contributed by atoms with E-state index in [0.29, 0.717) is 29.8 Å². The lowest BCUT2D eigenvalue weighted by Gasteiger charge is -2.29. The topological polar surface area (TPSA) is 58.6 Å². The van der Waals surface area contributed by atoms with Gasteiger partial charge in [0.2, 0.25) is 5.91 Å². The highest BCUT2D eigenvalue weighted by Crippen LogP contribution is 2.18. The van der Waals surface area contributed by atoms with Gasteiger partial charge in [-0.25, -0.2) is 0 Å². The Morgan fingerprint density at radius 1 is 1.14 bits per heavy atom. The van der Waals surface area contributed by atoms with Crippen molar-refractivity contribution < 1.29 is 14.3 Å². The van der Waals surface area contributed by atoms with Gasteiger partial charge in [-0.05, 0) is 48.7 Å². The Morgan fingerprint density at radius 3 is 2.52 bits per heavy atom. The first-order valence-electron chi connectivity index (χ1n) is 9.46. The number of amides is 2. The SMILES string of the molecule is CC(C)CNC(=O)[C@H](C)N(Cc1cccc(Br)c1)C(=O)COc1cccc(Cl)c1. The van der Waals surface area contributed by atoms with Gasteiger partial charge < -0.3 is 15.0 Å². The average molecular weight is 482 g/mol. The quantitative estimate of drug-likeness (QED) is 0.566. The average Bonchev–Trinajstić information content (AvgIpc) is 2.68. The van der Waals surface area contributed by atoms with E-state index in [1.54, 1.807) is 31.2 Å². The van der Waals surface area contributed by atoms with Gasteiger partial charge in [-0.15, -0.1) is 0 Å². The fourth-order valence-corrected chi connectivity index (χ4v) is 3.28. The molecule has 1 atom stereocenters. The van der Waals surface area contributed by atoms with Crippen LogP contribution >= 0.6 is 27.5 Å². The molecule has 29 heavy (non-hydrogen) atoms. The van der Waals surface area contributed by atoms with Crippen molar-refractivity contribution in [2.75, 3.05) is 13.2 Å². The van der Waals surface area contributed by atoms with E-state index in [9.17, 15) is 9.59 Å². The highest BCUT2D eigenvalue weighted by molar-refractivity contribution is 9.10. The number of hydrogen-bond donors (Lipinski definition) is 1. The van der Waals surface area contributed by atoms with Gasteiger partial charge in [0.15, 0.2) is 6.61 Å². The predicted octanol–water partition coefficient (Wildman–Crippen LogP) is 4.67. The van der Waals surface area contributed by atoms with Crippen LogP contribution in [-0.2, 0) is 16.1 Å². The number of nitrogens with zero attached hydrogens (tertiary/aromatic N) is 1. The minimum Gasteiger partial charge on any atom is -0.484 e. The number of hydrogen-bond acceptors (Lipinski definition) is 3. The first-order chi connectivity index (χ1) is 13.8. The van der Waals surface area contributed by atoms with Crippen molar-refractivity contribution >= 4 is 39.3 Å². The molecule has 0 spiro atoms. The number of rotatable bonds is 9. The van der Waals surface area contributed by atoms with Crippen molar-refractivity contribution in [2.24, 2.45) is 5.92 Å². The van der Waals surface area contributed by atoms with Crippen molar-refractivity contribution in [2.45, 2.75) is 33.4 Å². The summed E-state index contributed by atoms with van der Waals surface area (Å²) in [5, 5.41) is 3.43. The second kappa shape index (κ2) is 11.2. The van der Waals surface area contributed by atoms with Gasteiger partial charge in [-0.1, -0.05) is 59.6 Å². The van der Waals surface area contributed by atoms with Crippen molar-refractivity contribution in [3.8, 4) is 5.75 Å². The normalized spacial score (nSPS) is 11.8. The highest BCUT2D eigenvalue weighted by Gasteiger charge is 2.26. The number of halogens is 2. The molecular formula is C22H26BrClN2O3. The molecule has 2 aromatic rings. The largest absolute Gasteiger partial charge is 0.484 e. The maximum Gasteiger partial charge on any atom is 0.261 e. The van der Waals surface area contributed by atoms with Crippen LogP contribution in [0.4, 0.5) is 0 Å². The Kier molecular flexibility index (Phi) is 8.99. The van der Waals surface area contributed by atoms with Crippen LogP contribution in [0.2, 0.25) is 5.02 Å². The molecule has 0 saturated heterocycles. The van der Waals surface area contributed by atoms with Crippen LogP contribution in [0.3, 0.4) is 0 Å². The standard InChI is InChI=1S/C22H26BrClN2O3/c1-15(2)12-25-22(28)16(3)26(13-17-6-4-7-18(23)10-17)21(27)14-29-20-9-5-8-19(24)11-20/h4-11,15-16H,12-14H2,1-3H3,(H,25,28)/t16-/m0/s1. The van der Waals surface area contributed by atoms with Crippen molar-refractivity contribution in [3.63, 3.8) is 0 Å². The Balaban J connectivity index is 2.13. The molecule has 0 aromatic heterocycles. The molecule has 0 aliphatic carbocycles. The molecule has 0 unspecified atom stereocenters. The van der Waals surface area contributed by atoms with Gasteiger partial charge >= 0.3 is 0 Å². The molecule has 0 fully saturated rings. The molecular weight excluding hydrogens is 456 g/mol. The Labute approximate surface area is 185 Å². The zero-order chi connectivity index (χ0) is 21.4. The highest BCUT2D eigenvalue weighted by atomic mass is 79.9. The summed E-state index contributed by atoms with van der Waals surface area (Å²) in [6.45, 7) is 6.44. The van der Waals surface area contributed by atoms with Gasteiger partial charge in [0, 0.05) is 22.6 Å². The zero-order valence-electron chi connectivity index (χ0n) is 16.8. The third kappa shape index (κ3) is 7.71.